The highest BCUT2D eigenvalue weighted by Crippen LogP contribution is 2.24. The van der Waals surface area contributed by atoms with E-state index in [1.165, 1.54) is 25.1 Å². The Labute approximate surface area is 160 Å². The number of aromatic nitrogens is 1. The predicted octanol–water partition coefficient (Wildman–Crippen LogP) is 3.06. The fourth-order valence-electron chi connectivity index (χ4n) is 2.92. The van der Waals surface area contributed by atoms with Gasteiger partial charge in [0.05, 0.1) is 11.5 Å². The molecule has 1 aromatic heterocycles. The van der Waals surface area contributed by atoms with Crippen LogP contribution in [0.25, 0.3) is 0 Å². The van der Waals surface area contributed by atoms with E-state index in [1.54, 1.807) is 20.8 Å². The smallest absolute Gasteiger partial charge is 0.355 e. The largest absolute Gasteiger partial charge is 0.461 e. The van der Waals surface area contributed by atoms with E-state index < -0.39 is 29.3 Å². The Morgan fingerprint density at radius 2 is 1.79 bits per heavy atom. The van der Waals surface area contributed by atoms with Gasteiger partial charge in [-0.2, -0.15) is 0 Å². The maximum absolute atomic E-state index is 12.5. The first-order chi connectivity index (χ1) is 13.2. The fraction of sp³-hybridized carbons (Fsp3) is 0.316. The molecule has 1 aromatic carbocycles. The number of hydrogen-bond donors (Lipinski definition) is 1. The number of ether oxygens (including phenoxy) is 2. The molecule has 1 heterocycles. The van der Waals surface area contributed by atoms with Crippen LogP contribution in [-0.4, -0.2) is 40.8 Å². The van der Waals surface area contributed by atoms with Crippen LogP contribution in [-0.2, 0) is 9.47 Å². The molecule has 0 amide bonds. The number of Topliss-reactive ketones (excluding diaryl/α,β-unsaturated/α-hetero) is 1. The van der Waals surface area contributed by atoms with E-state index in [4.69, 9.17) is 9.47 Å². The molecule has 0 aliphatic heterocycles. The van der Waals surface area contributed by atoms with Crippen molar-refractivity contribution in [3.05, 3.63) is 62.0 Å². The van der Waals surface area contributed by atoms with E-state index in [9.17, 15) is 24.5 Å². The molecule has 9 nitrogen and oxygen atoms in total. The zero-order valence-electron chi connectivity index (χ0n) is 16.0. The summed E-state index contributed by atoms with van der Waals surface area (Å²) < 4.78 is 9.92. The Kier molecular flexibility index (Phi) is 6.29. The van der Waals surface area contributed by atoms with Crippen molar-refractivity contribution in [1.29, 1.82) is 0 Å². The van der Waals surface area contributed by atoms with Crippen LogP contribution < -0.4 is 0 Å². The van der Waals surface area contributed by atoms with Gasteiger partial charge in [0.1, 0.15) is 11.3 Å². The number of carbonyl (C=O) groups excluding carboxylic acids is 3. The third-order valence-electron chi connectivity index (χ3n) is 4.17. The lowest BCUT2D eigenvalue weighted by Crippen LogP contribution is -2.17. The molecule has 9 heteroatoms. The van der Waals surface area contributed by atoms with E-state index in [-0.39, 0.29) is 29.1 Å². The maximum Gasteiger partial charge on any atom is 0.355 e. The van der Waals surface area contributed by atoms with Crippen LogP contribution in [0.3, 0.4) is 0 Å². The molecular weight excluding hydrogens is 368 g/mol. The molecule has 0 aliphatic carbocycles. The van der Waals surface area contributed by atoms with Gasteiger partial charge in [0.25, 0.3) is 5.69 Å². The first-order valence-electron chi connectivity index (χ1n) is 8.49. The number of hydrogen-bond acceptors (Lipinski definition) is 7. The molecule has 0 fully saturated rings. The summed E-state index contributed by atoms with van der Waals surface area (Å²) in [5, 5.41) is 11.2. The SMILES string of the molecule is CCOC(=O)c1[nH]c(C)c(C(=O)COC(=O)c2cccc(C)c2[N+](=O)[O-])c1C. The minimum atomic E-state index is -0.972. The van der Waals surface area contributed by atoms with Crippen molar-refractivity contribution in [2.45, 2.75) is 27.7 Å². The number of rotatable bonds is 7. The standard InChI is InChI=1S/C19H20N2O7/c1-5-27-19(24)16-11(3)15(12(4)20-16)14(22)9-28-18(23)13-8-6-7-10(2)17(13)21(25)26/h6-8,20H,5,9H2,1-4H3. The van der Waals surface area contributed by atoms with E-state index >= 15 is 0 Å². The Bertz CT molecular complexity index is 959. The second-order valence-electron chi connectivity index (χ2n) is 6.07. The molecule has 0 radical (unpaired) electrons. The van der Waals surface area contributed by atoms with E-state index in [0.29, 0.717) is 16.8 Å². The lowest BCUT2D eigenvalue weighted by molar-refractivity contribution is -0.385. The lowest BCUT2D eigenvalue weighted by Gasteiger charge is -2.07. The number of nitro benzene ring substituents is 1. The maximum atomic E-state index is 12.5. The van der Waals surface area contributed by atoms with Gasteiger partial charge in [0.15, 0.2) is 6.61 Å². The van der Waals surface area contributed by atoms with Crippen molar-refractivity contribution in [2.24, 2.45) is 0 Å². The van der Waals surface area contributed by atoms with E-state index in [0.717, 1.165) is 0 Å². The first kappa shape index (κ1) is 20.8. The normalized spacial score (nSPS) is 10.4. The molecule has 2 rings (SSSR count). The summed E-state index contributed by atoms with van der Waals surface area (Å²) in [5.74, 6) is -2.10. The number of carbonyl (C=O) groups is 3. The molecule has 0 bridgehead atoms. The summed E-state index contributed by atoms with van der Waals surface area (Å²) in [5.41, 5.74) is 0.910. The highest BCUT2D eigenvalue weighted by molar-refractivity contribution is 6.04. The van der Waals surface area contributed by atoms with Gasteiger partial charge in [-0.25, -0.2) is 9.59 Å². The first-order valence-corrected chi connectivity index (χ1v) is 8.49. The van der Waals surface area contributed by atoms with Crippen molar-refractivity contribution in [2.75, 3.05) is 13.2 Å². The number of nitrogens with zero attached hydrogens (tertiary/aromatic N) is 1. The molecule has 0 spiro atoms. The van der Waals surface area contributed by atoms with Crippen LogP contribution in [0.5, 0.6) is 0 Å². The van der Waals surface area contributed by atoms with Gasteiger partial charge in [-0.3, -0.25) is 14.9 Å². The van der Waals surface area contributed by atoms with Crippen molar-refractivity contribution in [1.82, 2.24) is 4.98 Å². The predicted molar refractivity (Wildman–Crippen MR) is 98.7 cm³/mol. The topological polar surface area (TPSA) is 129 Å². The molecule has 0 atom stereocenters. The van der Waals surface area contributed by atoms with Gasteiger partial charge < -0.3 is 14.5 Å². The molecule has 28 heavy (non-hydrogen) atoms. The molecule has 0 saturated heterocycles. The minimum absolute atomic E-state index is 0.156. The van der Waals surface area contributed by atoms with Crippen LogP contribution in [0.1, 0.15) is 54.9 Å². The Morgan fingerprint density at radius 3 is 2.39 bits per heavy atom. The number of nitrogens with one attached hydrogen (secondary N) is 1. The van der Waals surface area contributed by atoms with Gasteiger partial charge in [0, 0.05) is 16.8 Å². The number of para-hydroxylation sites is 1. The van der Waals surface area contributed by atoms with Crippen molar-refractivity contribution >= 4 is 23.4 Å². The molecule has 148 valence electrons. The Hall–Kier alpha value is -3.49. The number of aromatic amines is 1. The van der Waals surface area contributed by atoms with Crippen LogP contribution in [0, 0.1) is 30.9 Å². The van der Waals surface area contributed by atoms with Crippen molar-refractivity contribution < 1.29 is 28.8 Å². The summed E-state index contributed by atoms with van der Waals surface area (Å²) in [7, 11) is 0. The summed E-state index contributed by atoms with van der Waals surface area (Å²) in [6, 6.07) is 4.26. The number of nitro groups is 1. The molecular formula is C19H20N2O7. The van der Waals surface area contributed by atoms with Crippen LogP contribution in [0.4, 0.5) is 5.69 Å². The Morgan fingerprint density at radius 1 is 1.11 bits per heavy atom. The number of aryl methyl sites for hydroxylation is 2. The zero-order chi connectivity index (χ0) is 21.0. The highest BCUT2D eigenvalue weighted by Gasteiger charge is 2.26. The molecule has 0 saturated carbocycles. The van der Waals surface area contributed by atoms with Gasteiger partial charge in [-0.1, -0.05) is 12.1 Å². The average molecular weight is 388 g/mol. The van der Waals surface area contributed by atoms with Gasteiger partial charge >= 0.3 is 11.9 Å². The molecule has 2 aromatic rings. The summed E-state index contributed by atoms with van der Waals surface area (Å²) >= 11 is 0. The monoisotopic (exact) mass is 388 g/mol. The zero-order valence-corrected chi connectivity index (χ0v) is 16.0. The van der Waals surface area contributed by atoms with Crippen LogP contribution in [0.15, 0.2) is 18.2 Å². The van der Waals surface area contributed by atoms with E-state index in [2.05, 4.69) is 4.98 Å². The van der Waals surface area contributed by atoms with Crippen molar-refractivity contribution in [3.63, 3.8) is 0 Å². The van der Waals surface area contributed by atoms with E-state index in [1.807, 2.05) is 0 Å². The summed E-state index contributed by atoms with van der Waals surface area (Å²) in [4.78, 5) is 50.0. The lowest BCUT2D eigenvalue weighted by atomic mass is 10.1. The van der Waals surface area contributed by atoms with Gasteiger partial charge in [-0.15, -0.1) is 0 Å². The minimum Gasteiger partial charge on any atom is -0.461 e. The highest BCUT2D eigenvalue weighted by atomic mass is 16.6. The fourth-order valence-corrected chi connectivity index (χ4v) is 2.92. The third-order valence-corrected chi connectivity index (χ3v) is 4.17. The number of H-pyrrole nitrogens is 1. The number of esters is 2. The second-order valence-corrected chi connectivity index (χ2v) is 6.07. The van der Waals surface area contributed by atoms with Gasteiger partial charge in [0.2, 0.25) is 5.78 Å². The average Bonchev–Trinajstić information content (AvgIpc) is 2.93. The summed E-state index contributed by atoms with van der Waals surface area (Å²) in [6.07, 6.45) is 0. The van der Waals surface area contributed by atoms with Crippen molar-refractivity contribution in [3.8, 4) is 0 Å². The number of benzene rings is 1. The third kappa shape index (κ3) is 4.08. The van der Waals surface area contributed by atoms with Gasteiger partial charge in [-0.05, 0) is 39.3 Å². The molecule has 0 unspecified atom stereocenters. The van der Waals surface area contributed by atoms with Crippen LogP contribution >= 0.6 is 0 Å². The number of ketones is 1. The van der Waals surface area contributed by atoms with Crippen LogP contribution in [0.2, 0.25) is 0 Å². The second kappa shape index (κ2) is 8.47. The Balaban J connectivity index is 2.20. The summed E-state index contributed by atoms with van der Waals surface area (Å²) in [6.45, 7) is 5.92. The molecule has 0 aliphatic rings. The quantitative estimate of drug-likeness (QED) is 0.334. The molecule has 1 N–H and O–H groups in total.